The maximum Gasteiger partial charge on any atom is 3.00 e. The molecular weight excluding hydrogens is 179 g/mol. The first-order chi connectivity index (χ1) is 1.73. The SMILES string of the molecule is CC(=O)[O-].[Cl-].[Cl-].[Cr+3]. The molecule has 5 heteroatoms. The van der Waals surface area contributed by atoms with Crippen molar-refractivity contribution in [1.82, 2.24) is 0 Å². The summed E-state index contributed by atoms with van der Waals surface area (Å²) >= 11 is 0. The zero-order chi connectivity index (χ0) is 3.58. The van der Waals surface area contributed by atoms with E-state index >= 15 is 0 Å². The Morgan fingerprint density at radius 2 is 1.43 bits per heavy atom. The van der Waals surface area contributed by atoms with E-state index in [1.807, 2.05) is 0 Å². The topological polar surface area (TPSA) is 40.1 Å². The summed E-state index contributed by atoms with van der Waals surface area (Å²) in [5.41, 5.74) is 0. The maximum atomic E-state index is 8.89. The zero-order valence-electron chi connectivity index (χ0n) is 3.48. The number of carbonyl (C=O) groups is 1. The van der Waals surface area contributed by atoms with Crippen molar-refractivity contribution in [3.05, 3.63) is 0 Å². The van der Waals surface area contributed by atoms with Gasteiger partial charge in [-0.25, -0.2) is 0 Å². The van der Waals surface area contributed by atoms with Gasteiger partial charge in [0.1, 0.15) is 0 Å². The van der Waals surface area contributed by atoms with Crippen LogP contribution in [0.5, 0.6) is 0 Å². The van der Waals surface area contributed by atoms with Crippen molar-refractivity contribution >= 4 is 5.97 Å². The van der Waals surface area contributed by atoms with Gasteiger partial charge in [-0.3, -0.25) is 0 Å². The second-order valence-corrected chi connectivity index (χ2v) is 0.492. The van der Waals surface area contributed by atoms with E-state index in [1.165, 1.54) is 0 Å². The van der Waals surface area contributed by atoms with E-state index in [9.17, 15) is 0 Å². The first-order valence-electron chi connectivity index (χ1n) is 0.908. The van der Waals surface area contributed by atoms with Crippen molar-refractivity contribution in [2.45, 2.75) is 6.92 Å². The van der Waals surface area contributed by atoms with E-state index in [1.54, 1.807) is 0 Å². The molecule has 0 aromatic carbocycles. The maximum absolute atomic E-state index is 8.89. The standard InChI is InChI=1S/C2H4O2.2ClH.Cr/c1-2(3)4;;;/h1H3,(H,3,4);2*1H;/q;;;+3/p-3. The minimum absolute atomic E-state index is 0. The molecule has 1 radical (unpaired) electrons. The Bertz CT molecular complexity index is 36.7. The molecule has 0 aliphatic carbocycles. The fourth-order valence-corrected chi connectivity index (χ4v) is 0. The Hall–Kier alpha value is 0.582. The third kappa shape index (κ3) is 407. The minimum atomic E-state index is -1.08. The first-order valence-corrected chi connectivity index (χ1v) is 0.908. The average molecular weight is 182 g/mol. The number of halogens is 2. The van der Waals surface area contributed by atoms with E-state index in [2.05, 4.69) is 0 Å². The second-order valence-electron chi connectivity index (χ2n) is 0.492. The molecule has 2 nitrogen and oxygen atoms in total. The zero-order valence-corrected chi connectivity index (χ0v) is 6.27. The molecule has 0 aliphatic rings. The Kier molecular flexibility index (Phi) is 58.5. The van der Waals surface area contributed by atoms with Crippen molar-refractivity contribution in [2.75, 3.05) is 0 Å². The van der Waals surface area contributed by atoms with Crippen LogP contribution in [0.1, 0.15) is 6.92 Å². The van der Waals surface area contributed by atoms with Crippen LogP contribution in [-0.2, 0) is 22.2 Å². The van der Waals surface area contributed by atoms with Gasteiger partial charge in [-0.15, -0.1) is 0 Å². The van der Waals surface area contributed by atoms with Crippen LogP contribution in [0, 0.1) is 0 Å². The summed E-state index contributed by atoms with van der Waals surface area (Å²) in [7, 11) is 0. The molecule has 0 saturated carbocycles. The van der Waals surface area contributed by atoms with Gasteiger partial charge in [0.25, 0.3) is 0 Å². The van der Waals surface area contributed by atoms with Crippen molar-refractivity contribution in [3.8, 4) is 0 Å². The molecule has 7 heavy (non-hydrogen) atoms. The van der Waals surface area contributed by atoms with Gasteiger partial charge in [-0.05, 0) is 6.92 Å². The molecule has 0 atom stereocenters. The summed E-state index contributed by atoms with van der Waals surface area (Å²) in [5.74, 6) is -1.08. The number of carboxylic acid groups (broad SMARTS) is 1. The van der Waals surface area contributed by atoms with Crippen LogP contribution in [0.15, 0.2) is 0 Å². The molecule has 0 N–H and O–H groups in total. The minimum Gasteiger partial charge on any atom is -1.00 e. The Morgan fingerprint density at radius 3 is 1.43 bits per heavy atom. The number of carboxylic acids is 1. The van der Waals surface area contributed by atoms with E-state index in [-0.39, 0.29) is 42.2 Å². The molecule has 0 aliphatic heterocycles. The number of aliphatic carboxylic acids is 1. The third-order valence-electron chi connectivity index (χ3n) is 0. The fourth-order valence-electron chi connectivity index (χ4n) is 0. The first kappa shape index (κ1) is 25.6. The number of hydrogen-bond donors (Lipinski definition) is 0. The van der Waals surface area contributed by atoms with E-state index < -0.39 is 5.97 Å². The summed E-state index contributed by atoms with van der Waals surface area (Å²) in [5, 5.41) is 8.89. The second kappa shape index (κ2) is 16.0. The summed E-state index contributed by atoms with van der Waals surface area (Å²) in [6.07, 6.45) is 0. The van der Waals surface area contributed by atoms with Crippen LogP contribution in [0.25, 0.3) is 0 Å². The van der Waals surface area contributed by atoms with E-state index in [4.69, 9.17) is 9.90 Å². The van der Waals surface area contributed by atoms with Crippen LogP contribution in [-0.4, -0.2) is 5.97 Å². The summed E-state index contributed by atoms with van der Waals surface area (Å²) in [4.78, 5) is 8.89. The monoisotopic (exact) mass is 181 g/mol. The molecule has 0 aromatic rings. The molecule has 0 unspecified atom stereocenters. The summed E-state index contributed by atoms with van der Waals surface area (Å²) in [6, 6.07) is 0. The normalized spacial score (nSPS) is 3.57. The van der Waals surface area contributed by atoms with Crippen LogP contribution in [0.4, 0.5) is 0 Å². The largest absolute Gasteiger partial charge is 3.00 e. The van der Waals surface area contributed by atoms with Crippen molar-refractivity contribution in [1.29, 1.82) is 0 Å². The van der Waals surface area contributed by atoms with E-state index in [0.29, 0.717) is 0 Å². The molecule has 0 fully saturated rings. The molecule has 0 rings (SSSR count). The average Bonchev–Trinajstić information content (AvgIpc) is 0.811. The van der Waals surface area contributed by atoms with Crippen molar-refractivity contribution < 1.29 is 52.1 Å². The van der Waals surface area contributed by atoms with Crippen LogP contribution in [0.3, 0.4) is 0 Å². The fraction of sp³-hybridized carbons (Fsp3) is 0.500. The predicted molar refractivity (Wildman–Crippen MR) is 10.7 cm³/mol. The summed E-state index contributed by atoms with van der Waals surface area (Å²) in [6.45, 7) is 0.972. The van der Waals surface area contributed by atoms with Gasteiger partial charge in [0.15, 0.2) is 0 Å². The molecule has 43 valence electrons. The molecule has 0 saturated heterocycles. The van der Waals surface area contributed by atoms with Gasteiger partial charge in [-0.1, -0.05) is 0 Å². The van der Waals surface area contributed by atoms with E-state index in [0.717, 1.165) is 6.92 Å². The van der Waals surface area contributed by atoms with Crippen LogP contribution in [0.2, 0.25) is 0 Å². The van der Waals surface area contributed by atoms with Gasteiger partial charge in [0.05, 0.1) is 0 Å². The Labute approximate surface area is 65.2 Å². The molecule has 0 spiro atoms. The number of rotatable bonds is 0. The molecule has 0 bridgehead atoms. The van der Waals surface area contributed by atoms with Gasteiger partial charge in [0, 0.05) is 5.97 Å². The Balaban J connectivity index is -0.0000000150. The van der Waals surface area contributed by atoms with Crippen molar-refractivity contribution in [2.24, 2.45) is 0 Å². The number of hydrogen-bond acceptors (Lipinski definition) is 2. The van der Waals surface area contributed by atoms with Gasteiger partial charge >= 0.3 is 17.4 Å². The third-order valence-corrected chi connectivity index (χ3v) is 0. The summed E-state index contributed by atoms with van der Waals surface area (Å²) < 4.78 is 0. The molecule has 0 heterocycles. The molecule has 0 aromatic heterocycles. The number of carbonyl (C=O) groups excluding carboxylic acids is 1. The Morgan fingerprint density at radius 1 is 1.43 bits per heavy atom. The van der Waals surface area contributed by atoms with Gasteiger partial charge in [0.2, 0.25) is 0 Å². The smallest absolute Gasteiger partial charge is 1.00 e. The molecule has 0 amide bonds. The quantitative estimate of drug-likeness (QED) is 0.373. The van der Waals surface area contributed by atoms with Gasteiger partial charge in [-0.2, -0.15) is 0 Å². The van der Waals surface area contributed by atoms with Crippen LogP contribution >= 0.6 is 0 Å². The van der Waals surface area contributed by atoms with Crippen LogP contribution < -0.4 is 29.9 Å². The molecular formula is C2H3Cl2CrO2. The predicted octanol–water partition coefficient (Wildman–Crippen LogP) is -7.24. The van der Waals surface area contributed by atoms with Crippen molar-refractivity contribution in [3.63, 3.8) is 0 Å². The van der Waals surface area contributed by atoms with Gasteiger partial charge < -0.3 is 34.7 Å².